The summed E-state index contributed by atoms with van der Waals surface area (Å²) in [4.78, 5) is 2.45. The van der Waals surface area contributed by atoms with Crippen molar-refractivity contribution in [2.24, 2.45) is 0 Å². The molecule has 2 rings (SSSR count). The minimum absolute atomic E-state index is 0.230. The van der Waals surface area contributed by atoms with Crippen LogP contribution in [0.5, 0.6) is 5.75 Å². The van der Waals surface area contributed by atoms with E-state index < -0.39 is 0 Å². The van der Waals surface area contributed by atoms with E-state index in [0.29, 0.717) is 6.04 Å². The predicted molar refractivity (Wildman–Crippen MR) is 86.1 cm³/mol. The van der Waals surface area contributed by atoms with Crippen LogP contribution < -0.4 is 10.1 Å². The summed E-state index contributed by atoms with van der Waals surface area (Å²) in [5.74, 6) is 0.962. The van der Waals surface area contributed by atoms with Crippen LogP contribution in [0.1, 0.15) is 18.1 Å². The molecule has 0 amide bonds. The highest BCUT2D eigenvalue weighted by molar-refractivity contribution is 5.37. The minimum atomic E-state index is 0.230. The fourth-order valence-corrected chi connectivity index (χ4v) is 2.99. The summed E-state index contributed by atoms with van der Waals surface area (Å²) in [7, 11) is 3.75. The lowest BCUT2D eigenvalue weighted by molar-refractivity contribution is -0.0436. The Hall–Kier alpha value is -1.10. The van der Waals surface area contributed by atoms with Crippen molar-refractivity contribution in [1.29, 1.82) is 0 Å². The van der Waals surface area contributed by atoms with Crippen LogP contribution in [0.3, 0.4) is 0 Å². The van der Waals surface area contributed by atoms with Crippen molar-refractivity contribution >= 4 is 0 Å². The average molecular weight is 292 g/mol. The van der Waals surface area contributed by atoms with E-state index in [2.05, 4.69) is 42.3 Å². The monoisotopic (exact) mass is 292 g/mol. The van der Waals surface area contributed by atoms with Gasteiger partial charge in [0.2, 0.25) is 0 Å². The second-order valence-corrected chi connectivity index (χ2v) is 5.72. The van der Waals surface area contributed by atoms with Crippen LogP contribution in [-0.2, 0) is 11.2 Å². The van der Waals surface area contributed by atoms with E-state index in [1.807, 2.05) is 7.05 Å². The molecule has 1 saturated heterocycles. The van der Waals surface area contributed by atoms with E-state index in [1.165, 1.54) is 11.1 Å². The van der Waals surface area contributed by atoms with Crippen LogP contribution in [0.2, 0.25) is 0 Å². The number of aryl methyl sites for hydroxylation is 1. The number of nitrogens with one attached hydrogen (secondary N) is 1. The van der Waals surface area contributed by atoms with Gasteiger partial charge in [0, 0.05) is 19.1 Å². The van der Waals surface area contributed by atoms with E-state index in [9.17, 15) is 0 Å². The Morgan fingerprint density at radius 3 is 2.95 bits per heavy atom. The van der Waals surface area contributed by atoms with Crippen LogP contribution in [0.15, 0.2) is 18.2 Å². The average Bonchev–Trinajstić information content (AvgIpc) is 2.52. The van der Waals surface area contributed by atoms with Gasteiger partial charge in [0.1, 0.15) is 5.75 Å². The van der Waals surface area contributed by atoms with Gasteiger partial charge in [0.25, 0.3) is 0 Å². The van der Waals surface area contributed by atoms with Crippen LogP contribution in [0, 0.1) is 6.92 Å². The Bertz CT molecular complexity index is 450. The van der Waals surface area contributed by atoms with E-state index in [1.54, 1.807) is 7.11 Å². The van der Waals surface area contributed by atoms with Crippen molar-refractivity contribution in [3.63, 3.8) is 0 Å². The third kappa shape index (κ3) is 4.19. The first kappa shape index (κ1) is 16.3. The van der Waals surface area contributed by atoms with Crippen molar-refractivity contribution in [2.45, 2.75) is 32.4 Å². The third-order valence-corrected chi connectivity index (χ3v) is 4.32. The molecule has 1 heterocycles. The molecule has 0 aromatic heterocycles. The first-order chi connectivity index (χ1) is 10.2. The molecule has 21 heavy (non-hydrogen) atoms. The van der Waals surface area contributed by atoms with Gasteiger partial charge < -0.3 is 14.8 Å². The van der Waals surface area contributed by atoms with Gasteiger partial charge in [-0.2, -0.15) is 0 Å². The van der Waals surface area contributed by atoms with E-state index >= 15 is 0 Å². The van der Waals surface area contributed by atoms with Crippen molar-refractivity contribution in [2.75, 3.05) is 40.4 Å². The Morgan fingerprint density at radius 2 is 2.29 bits per heavy atom. The van der Waals surface area contributed by atoms with Crippen molar-refractivity contribution in [3.05, 3.63) is 29.3 Å². The highest BCUT2D eigenvalue weighted by atomic mass is 16.5. The number of morpholine rings is 1. The predicted octanol–water partition coefficient (Wildman–Crippen LogP) is 1.85. The summed E-state index contributed by atoms with van der Waals surface area (Å²) in [6.07, 6.45) is 1.15. The maximum absolute atomic E-state index is 5.99. The molecule has 1 aliphatic rings. The molecule has 0 radical (unpaired) electrons. The lowest BCUT2D eigenvalue weighted by Gasteiger charge is -2.36. The lowest BCUT2D eigenvalue weighted by atomic mass is 9.98. The zero-order chi connectivity index (χ0) is 15.2. The number of hydrogen-bond acceptors (Lipinski definition) is 4. The summed E-state index contributed by atoms with van der Waals surface area (Å²) in [5, 5.41) is 3.43. The molecule has 2 atom stereocenters. The topological polar surface area (TPSA) is 33.7 Å². The molecule has 4 nitrogen and oxygen atoms in total. The number of hydrogen-bond donors (Lipinski definition) is 1. The molecule has 1 aliphatic heterocycles. The van der Waals surface area contributed by atoms with Gasteiger partial charge in [-0.25, -0.2) is 0 Å². The Labute approximate surface area is 128 Å². The van der Waals surface area contributed by atoms with Crippen LogP contribution in [0.4, 0.5) is 0 Å². The second-order valence-electron chi connectivity index (χ2n) is 5.72. The standard InChI is InChI=1S/C17H28N2O2/c1-5-19-8-9-21-17(12-19)15(18-3)11-14-10-13(2)6-7-16(14)20-4/h6-7,10,15,17-18H,5,8-9,11-12H2,1-4H3. The third-order valence-electron chi connectivity index (χ3n) is 4.32. The first-order valence-electron chi connectivity index (χ1n) is 7.82. The maximum Gasteiger partial charge on any atom is 0.122 e. The second kappa shape index (κ2) is 7.78. The van der Waals surface area contributed by atoms with Crippen LogP contribution in [0.25, 0.3) is 0 Å². The van der Waals surface area contributed by atoms with E-state index in [4.69, 9.17) is 9.47 Å². The molecule has 1 aromatic rings. The van der Waals surface area contributed by atoms with E-state index in [-0.39, 0.29) is 6.10 Å². The van der Waals surface area contributed by atoms with Crippen LogP contribution >= 0.6 is 0 Å². The zero-order valence-corrected chi connectivity index (χ0v) is 13.7. The molecular formula is C17H28N2O2. The molecule has 0 saturated carbocycles. The summed E-state index contributed by atoms with van der Waals surface area (Å²) in [6, 6.07) is 6.66. The molecule has 0 aliphatic carbocycles. The smallest absolute Gasteiger partial charge is 0.122 e. The quantitative estimate of drug-likeness (QED) is 0.868. The molecule has 4 heteroatoms. The van der Waals surface area contributed by atoms with Gasteiger partial charge in [-0.1, -0.05) is 24.6 Å². The number of methoxy groups -OCH3 is 1. The summed E-state index contributed by atoms with van der Waals surface area (Å²) in [6.45, 7) is 8.27. The Kier molecular flexibility index (Phi) is 6.03. The molecule has 1 N–H and O–H groups in total. The van der Waals surface area contributed by atoms with Gasteiger partial charge in [-0.15, -0.1) is 0 Å². The molecule has 1 aromatic carbocycles. The van der Waals surface area contributed by atoms with Gasteiger partial charge >= 0.3 is 0 Å². The molecule has 0 spiro atoms. The largest absolute Gasteiger partial charge is 0.496 e. The molecule has 118 valence electrons. The molecule has 2 unspecified atom stereocenters. The Morgan fingerprint density at radius 1 is 1.48 bits per heavy atom. The highest BCUT2D eigenvalue weighted by Gasteiger charge is 2.27. The van der Waals surface area contributed by atoms with Gasteiger partial charge in [0.05, 0.1) is 19.8 Å². The lowest BCUT2D eigenvalue weighted by Crippen LogP contribution is -2.52. The zero-order valence-electron chi connectivity index (χ0n) is 13.7. The number of benzene rings is 1. The van der Waals surface area contributed by atoms with Crippen molar-refractivity contribution in [3.8, 4) is 5.75 Å². The fraction of sp³-hybridized carbons (Fsp3) is 0.647. The minimum Gasteiger partial charge on any atom is -0.496 e. The summed E-state index contributed by atoms with van der Waals surface area (Å²) < 4.78 is 11.5. The number of ether oxygens (including phenoxy) is 2. The number of rotatable bonds is 6. The number of nitrogens with zero attached hydrogens (tertiary/aromatic N) is 1. The summed E-state index contributed by atoms with van der Waals surface area (Å²) in [5.41, 5.74) is 2.51. The van der Waals surface area contributed by atoms with Gasteiger partial charge in [-0.3, -0.25) is 4.90 Å². The van der Waals surface area contributed by atoms with Crippen LogP contribution in [-0.4, -0.2) is 57.4 Å². The van der Waals surface area contributed by atoms with Gasteiger partial charge in [-0.05, 0) is 38.6 Å². The fourth-order valence-electron chi connectivity index (χ4n) is 2.99. The SMILES string of the molecule is CCN1CCOC(C(Cc2cc(C)ccc2OC)NC)C1. The van der Waals surface area contributed by atoms with Crippen molar-refractivity contribution < 1.29 is 9.47 Å². The first-order valence-corrected chi connectivity index (χ1v) is 7.82. The van der Waals surface area contributed by atoms with Crippen molar-refractivity contribution in [1.82, 2.24) is 10.2 Å². The van der Waals surface area contributed by atoms with E-state index in [0.717, 1.165) is 38.4 Å². The van der Waals surface area contributed by atoms with Gasteiger partial charge in [0.15, 0.2) is 0 Å². The normalized spacial score (nSPS) is 21.2. The summed E-state index contributed by atoms with van der Waals surface area (Å²) >= 11 is 0. The molecule has 0 bridgehead atoms. The highest BCUT2D eigenvalue weighted by Crippen LogP contribution is 2.23. The number of likely N-dealkylation sites (N-methyl/N-ethyl adjacent to an activating group) is 2. The maximum atomic E-state index is 5.99. The molecular weight excluding hydrogens is 264 g/mol. The molecule has 1 fully saturated rings. The Balaban J connectivity index is 2.09.